The van der Waals surface area contributed by atoms with Gasteiger partial charge in [-0.1, -0.05) is 26.0 Å². The maximum atomic E-state index is 12.4. The number of nitrogens with one attached hydrogen (secondary N) is 3. The number of carbonyl (C=O) groups is 2. The van der Waals surface area contributed by atoms with Crippen LogP contribution in [0.25, 0.3) is 0 Å². The first-order chi connectivity index (χ1) is 13.1. The summed E-state index contributed by atoms with van der Waals surface area (Å²) in [5.41, 5.74) is 3.24. The zero-order valence-corrected chi connectivity index (χ0v) is 15.8. The van der Waals surface area contributed by atoms with Gasteiger partial charge in [-0.3, -0.25) is 9.59 Å². The van der Waals surface area contributed by atoms with Crippen molar-refractivity contribution < 1.29 is 9.59 Å². The van der Waals surface area contributed by atoms with Crippen LogP contribution in [0.1, 0.15) is 41.0 Å². The van der Waals surface area contributed by atoms with Gasteiger partial charge in [0.25, 0.3) is 11.8 Å². The van der Waals surface area contributed by atoms with Gasteiger partial charge in [0.2, 0.25) is 0 Å². The minimum atomic E-state index is -0.186. The van der Waals surface area contributed by atoms with Crippen molar-refractivity contribution in [1.29, 1.82) is 0 Å². The van der Waals surface area contributed by atoms with Gasteiger partial charge in [0.05, 0.1) is 22.6 Å². The van der Waals surface area contributed by atoms with Crippen molar-refractivity contribution in [2.75, 3.05) is 36.8 Å². The van der Waals surface area contributed by atoms with Crippen molar-refractivity contribution in [2.45, 2.75) is 20.3 Å². The fourth-order valence-corrected chi connectivity index (χ4v) is 3.17. The molecule has 3 N–H and O–H groups in total. The van der Waals surface area contributed by atoms with Crippen LogP contribution in [0.15, 0.2) is 42.5 Å². The molecule has 1 aliphatic heterocycles. The summed E-state index contributed by atoms with van der Waals surface area (Å²) < 4.78 is 0. The number of hydrogen-bond donors (Lipinski definition) is 3. The van der Waals surface area contributed by atoms with Gasteiger partial charge in [0.15, 0.2) is 0 Å². The number of benzene rings is 2. The number of fused-ring (bicyclic) bond motifs is 2. The smallest absolute Gasteiger partial charge is 0.257 e. The van der Waals surface area contributed by atoms with E-state index < -0.39 is 0 Å². The zero-order chi connectivity index (χ0) is 19.2. The number of carbonyl (C=O) groups excluding carboxylic acids is 2. The summed E-state index contributed by atoms with van der Waals surface area (Å²) in [7, 11) is 0. The third kappa shape index (κ3) is 4.46. The van der Waals surface area contributed by atoms with E-state index in [4.69, 9.17) is 0 Å². The third-order valence-corrected chi connectivity index (χ3v) is 4.80. The minimum Gasteiger partial charge on any atom is -0.353 e. The molecule has 0 spiro atoms. The molecule has 2 aromatic carbocycles. The van der Waals surface area contributed by atoms with Crippen LogP contribution >= 0.6 is 0 Å². The average molecular weight is 366 g/mol. The summed E-state index contributed by atoms with van der Waals surface area (Å²) in [4.78, 5) is 27.2. The first-order valence-electron chi connectivity index (χ1n) is 9.44. The molecule has 0 aliphatic carbocycles. The van der Waals surface area contributed by atoms with Crippen LogP contribution in [-0.4, -0.2) is 42.9 Å². The van der Waals surface area contributed by atoms with Crippen molar-refractivity contribution in [2.24, 2.45) is 0 Å². The molecule has 27 heavy (non-hydrogen) atoms. The van der Waals surface area contributed by atoms with Crippen LogP contribution in [0.2, 0.25) is 0 Å². The topological polar surface area (TPSA) is 73.5 Å². The van der Waals surface area contributed by atoms with Gasteiger partial charge < -0.3 is 20.9 Å². The Kier molecular flexibility index (Phi) is 6.08. The second-order valence-electron chi connectivity index (χ2n) is 6.52. The molecule has 0 radical (unpaired) electrons. The predicted molar refractivity (Wildman–Crippen MR) is 109 cm³/mol. The standard InChI is InChI=1S/C21H26N4O2/c1-3-25(4-2)13-7-12-22-20(26)15-10-11-18-19(14-15)24-21(27)16-8-5-6-9-17(16)23-18/h5-6,8-11,14,23H,3-4,7,12-13H2,1-2H3,(H,22,26)(H,24,27). The molecule has 6 heteroatoms. The van der Waals surface area contributed by atoms with E-state index in [1.807, 2.05) is 24.3 Å². The SMILES string of the molecule is CCN(CC)CCCNC(=O)c1ccc2c(c1)NC(=O)c1ccccc1N2. The van der Waals surface area contributed by atoms with Crippen molar-refractivity contribution in [3.05, 3.63) is 53.6 Å². The molecule has 0 unspecified atom stereocenters. The molecule has 0 saturated carbocycles. The molecule has 2 aromatic rings. The first-order valence-corrected chi connectivity index (χ1v) is 9.44. The summed E-state index contributed by atoms with van der Waals surface area (Å²) in [6.07, 6.45) is 0.909. The Morgan fingerprint density at radius 2 is 1.78 bits per heavy atom. The van der Waals surface area contributed by atoms with E-state index in [2.05, 4.69) is 34.7 Å². The molecular formula is C21H26N4O2. The molecule has 0 bridgehead atoms. The highest BCUT2D eigenvalue weighted by atomic mass is 16.2. The summed E-state index contributed by atoms with van der Waals surface area (Å²) in [6.45, 7) is 7.91. The lowest BCUT2D eigenvalue weighted by molar-refractivity contribution is 0.0950. The van der Waals surface area contributed by atoms with Gasteiger partial charge in [-0.05, 0) is 56.4 Å². The van der Waals surface area contributed by atoms with Gasteiger partial charge in [-0.25, -0.2) is 0 Å². The third-order valence-electron chi connectivity index (χ3n) is 4.80. The van der Waals surface area contributed by atoms with Gasteiger partial charge in [0, 0.05) is 12.1 Å². The van der Waals surface area contributed by atoms with E-state index in [9.17, 15) is 9.59 Å². The second kappa shape index (κ2) is 8.68. The van der Waals surface area contributed by atoms with Gasteiger partial charge >= 0.3 is 0 Å². The Hall–Kier alpha value is -2.86. The highest BCUT2D eigenvalue weighted by Crippen LogP contribution is 2.32. The summed E-state index contributed by atoms with van der Waals surface area (Å²) in [6, 6.07) is 12.6. The number of hydrogen-bond acceptors (Lipinski definition) is 4. The number of rotatable bonds is 7. The van der Waals surface area contributed by atoms with E-state index in [1.54, 1.807) is 18.2 Å². The van der Waals surface area contributed by atoms with E-state index in [1.165, 1.54) is 0 Å². The average Bonchev–Trinajstić information content (AvgIpc) is 2.83. The van der Waals surface area contributed by atoms with E-state index >= 15 is 0 Å². The van der Waals surface area contributed by atoms with Crippen LogP contribution in [-0.2, 0) is 0 Å². The molecule has 1 heterocycles. The zero-order valence-electron chi connectivity index (χ0n) is 15.8. The lowest BCUT2D eigenvalue weighted by Gasteiger charge is -2.17. The minimum absolute atomic E-state index is 0.131. The fourth-order valence-electron chi connectivity index (χ4n) is 3.17. The molecule has 0 atom stereocenters. The molecule has 3 rings (SSSR count). The lowest BCUT2D eigenvalue weighted by Crippen LogP contribution is -2.30. The maximum Gasteiger partial charge on any atom is 0.257 e. The molecule has 142 valence electrons. The normalized spacial score (nSPS) is 12.5. The van der Waals surface area contributed by atoms with Crippen LogP contribution < -0.4 is 16.0 Å². The first kappa shape index (κ1) is 18.9. The molecule has 2 amide bonds. The van der Waals surface area contributed by atoms with Crippen LogP contribution in [0.4, 0.5) is 17.1 Å². The van der Waals surface area contributed by atoms with E-state index in [-0.39, 0.29) is 11.8 Å². The van der Waals surface area contributed by atoms with E-state index in [0.717, 1.165) is 37.4 Å². The van der Waals surface area contributed by atoms with Gasteiger partial charge in [0.1, 0.15) is 0 Å². The monoisotopic (exact) mass is 366 g/mol. The maximum absolute atomic E-state index is 12.4. The second-order valence-corrected chi connectivity index (χ2v) is 6.52. The molecule has 0 fully saturated rings. The Bertz CT molecular complexity index is 831. The fraction of sp³-hybridized carbons (Fsp3) is 0.333. The molecular weight excluding hydrogens is 340 g/mol. The van der Waals surface area contributed by atoms with Crippen LogP contribution in [0.5, 0.6) is 0 Å². The summed E-state index contributed by atoms with van der Waals surface area (Å²) in [5, 5.41) is 9.09. The van der Waals surface area contributed by atoms with Gasteiger partial charge in [-0.15, -0.1) is 0 Å². The Balaban J connectivity index is 1.65. The lowest BCUT2D eigenvalue weighted by atomic mass is 10.1. The highest BCUT2D eigenvalue weighted by molar-refractivity contribution is 6.12. The van der Waals surface area contributed by atoms with Crippen molar-refractivity contribution in [1.82, 2.24) is 10.2 Å². The Labute approximate surface area is 159 Å². The molecule has 1 aliphatic rings. The van der Waals surface area contributed by atoms with E-state index in [0.29, 0.717) is 23.4 Å². The Morgan fingerprint density at radius 1 is 1.00 bits per heavy atom. The number of anilines is 3. The molecule has 0 aromatic heterocycles. The molecule has 6 nitrogen and oxygen atoms in total. The summed E-state index contributed by atoms with van der Waals surface area (Å²) >= 11 is 0. The van der Waals surface area contributed by atoms with Gasteiger partial charge in [-0.2, -0.15) is 0 Å². The number of para-hydroxylation sites is 1. The Morgan fingerprint density at radius 3 is 2.56 bits per heavy atom. The van der Waals surface area contributed by atoms with Crippen LogP contribution in [0.3, 0.4) is 0 Å². The molecule has 0 saturated heterocycles. The van der Waals surface area contributed by atoms with Crippen molar-refractivity contribution >= 4 is 28.9 Å². The van der Waals surface area contributed by atoms with Crippen molar-refractivity contribution in [3.63, 3.8) is 0 Å². The van der Waals surface area contributed by atoms with Crippen molar-refractivity contribution in [3.8, 4) is 0 Å². The number of nitrogens with zero attached hydrogens (tertiary/aromatic N) is 1. The largest absolute Gasteiger partial charge is 0.353 e. The van der Waals surface area contributed by atoms with Crippen LogP contribution in [0, 0.1) is 0 Å². The summed E-state index contributed by atoms with van der Waals surface area (Å²) in [5.74, 6) is -0.318. The quantitative estimate of drug-likeness (QED) is 0.656. The number of amides is 2. The predicted octanol–water partition coefficient (Wildman–Crippen LogP) is 3.46. The highest BCUT2D eigenvalue weighted by Gasteiger charge is 2.19.